The average Bonchev–Trinajstić information content (AvgIpc) is 3.15. The zero-order valence-corrected chi connectivity index (χ0v) is 31.1. The number of aromatic nitrogens is 5. The highest BCUT2D eigenvalue weighted by molar-refractivity contribution is 7.88. The Kier molecular flexibility index (Phi) is 11.6. The molecule has 1 saturated heterocycles. The third kappa shape index (κ3) is 9.51. The van der Waals surface area contributed by atoms with Crippen LogP contribution in [-0.4, -0.2) is 96.3 Å². The maximum Gasteiger partial charge on any atom is 0.250 e. The van der Waals surface area contributed by atoms with E-state index in [2.05, 4.69) is 20.1 Å². The van der Waals surface area contributed by atoms with Crippen molar-refractivity contribution in [2.24, 2.45) is 0 Å². The van der Waals surface area contributed by atoms with E-state index in [4.69, 9.17) is 34.1 Å². The number of sulfonamides is 1. The maximum atomic E-state index is 14.7. The Morgan fingerprint density at radius 1 is 0.792 bits per heavy atom. The molecule has 14 nitrogen and oxygen atoms in total. The van der Waals surface area contributed by atoms with Gasteiger partial charge in [0.25, 0.3) is 0 Å². The van der Waals surface area contributed by atoms with Gasteiger partial charge in [-0.05, 0) is 53.9 Å². The summed E-state index contributed by atoms with van der Waals surface area (Å²) in [5.74, 6) is 2.44. The second-order valence-corrected chi connectivity index (χ2v) is 14.6. The van der Waals surface area contributed by atoms with Crippen LogP contribution in [-0.2, 0) is 29.7 Å². The van der Waals surface area contributed by atoms with E-state index in [1.807, 2.05) is 61.5 Å². The Balaban J connectivity index is 1.38. The Morgan fingerprint density at radius 3 is 1.96 bits per heavy atom. The first kappa shape index (κ1) is 37.3. The van der Waals surface area contributed by atoms with Crippen LogP contribution in [0, 0.1) is 12.7 Å². The molecule has 53 heavy (non-hydrogen) atoms. The van der Waals surface area contributed by atoms with Gasteiger partial charge in [0.2, 0.25) is 21.9 Å². The largest absolute Gasteiger partial charge is 0.497 e. The quantitative estimate of drug-likeness (QED) is 0.166. The highest BCUT2D eigenvalue weighted by atomic mass is 32.2. The molecule has 1 fully saturated rings. The molecule has 1 N–H and O–H groups in total. The van der Waals surface area contributed by atoms with Crippen LogP contribution in [0.5, 0.6) is 17.4 Å². The van der Waals surface area contributed by atoms with Crippen LogP contribution in [0.4, 0.5) is 21.8 Å². The maximum absolute atomic E-state index is 14.7. The topological polar surface area (TPSA) is 148 Å². The normalized spacial score (nSPS) is 13.8. The lowest BCUT2D eigenvalue weighted by Gasteiger charge is -2.33. The molecular weight excluding hydrogens is 702 g/mol. The van der Waals surface area contributed by atoms with Crippen molar-refractivity contribution in [1.82, 2.24) is 34.1 Å². The van der Waals surface area contributed by atoms with E-state index in [0.29, 0.717) is 80.5 Å². The summed E-state index contributed by atoms with van der Waals surface area (Å²) in [6.45, 7) is 5.25. The van der Waals surface area contributed by atoms with Crippen molar-refractivity contribution in [2.45, 2.75) is 26.6 Å². The molecule has 0 radical (unpaired) electrons. The number of methoxy groups -OCH3 is 3. The summed E-state index contributed by atoms with van der Waals surface area (Å²) in [6, 6.07) is 18.9. The number of piperazine rings is 1. The fourth-order valence-electron chi connectivity index (χ4n) is 5.95. The third-order valence-electron chi connectivity index (χ3n) is 8.74. The molecule has 0 spiro atoms. The summed E-state index contributed by atoms with van der Waals surface area (Å²) >= 11 is 0. The zero-order valence-electron chi connectivity index (χ0n) is 30.3. The smallest absolute Gasteiger partial charge is 0.250 e. The van der Waals surface area contributed by atoms with Gasteiger partial charge in [-0.25, -0.2) is 27.8 Å². The van der Waals surface area contributed by atoms with E-state index >= 15 is 0 Å². The van der Waals surface area contributed by atoms with Crippen molar-refractivity contribution in [1.29, 1.82) is 0 Å². The van der Waals surface area contributed by atoms with Gasteiger partial charge in [-0.2, -0.15) is 14.3 Å². The lowest BCUT2D eigenvalue weighted by molar-refractivity contribution is 0.182. The molecule has 0 unspecified atom stereocenters. The number of rotatable bonds is 14. The molecule has 3 aromatic heterocycles. The number of nitrogens with one attached hydrogen (secondary N) is 1. The van der Waals surface area contributed by atoms with Gasteiger partial charge < -0.3 is 24.4 Å². The molecule has 1 aliphatic heterocycles. The summed E-state index contributed by atoms with van der Waals surface area (Å²) in [5, 5.41) is 3.19. The number of halogens is 1. The summed E-state index contributed by atoms with van der Waals surface area (Å²) < 4.78 is 56.1. The number of aryl methyl sites for hydroxylation is 1. The molecule has 2 aromatic carbocycles. The molecule has 1 aliphatic rings. The highest BCUT2D eigenvalue weighted by Gasteiger charge is 2.24. The van der Waals surface area contributed by atoms with Crippen molar-refractivity contribution in [3.63, 3.8) is 0 Å². The molecule has 278 valence electrons. The molecule has 4 heterocycles. The monoisotopic (exact) mass is 743 g/mol. The van der Waals surface area contributed by atoms with E-state index in [-0.39, 0.29) is 5.88 Å². The van der Waals surface area contributed by atoms with E-state index in [1.165, 1.54) is 29.9 Å². The standard InChI is InChI=1S/C37H42FN9O5S/c1-25-41-35(44-37(42-25)46(23-26-6-10-30(50-2)11-7-26)24-27-8-12-31(51-3)13-9-27)32-18-28(22-45-14-16-47(17-15-45)53(5,48)49)20-39-34(32)43-29-19-33(38)36(52-4)40-21-29/h6-13,18-21H,14-17,22-24H2,1-5H3,(H,39,43). The summed E-state index contributed by atoms with van der Waals surface area (Å²) in [7, 11) is 1.36. The van der Waals surface area contributed by atoms with Crippen LogP contribution >= 0.6 is 0 Å². The average molecular weight is 744 g/mol. The number of pyridine rings is 2. The van der Waals surface area contributed by atoms with Gasteiger partial charge in [0, 0.05) is 58.1 Å². The van der Waals surface area contributed by atoms with Gasteiger partial charge in [-0.3, -0.25) is 4.90 Å². The van der Waals surface area contributed by atoms with E-state index < -0.39 is 15.8 Å². The number of nitrogens with zero attached hydrogens (tertiary/aromatic N) is 8. The number of hydrogen-bond donors (Lipinski definition) is 1. The van der Waals surface area contributed by atoms with Crippen LogP contribution in [0.2, 0.25) is 0 Å². The first-order chi connectivity index (χ1) is 25.5. The summed E-state index contributed by atoms with van der Waals surface area (Å²) in [5.41, 5.74) is 3.83. The fourth-order valence-corrected chi connectivity index (χ4v) is 6.78. The van der Waals surface area contributed by atoms with Crippen LogP contribution in [0.1, 0.15) is 22.5 Å². The molecule has 0 atom stereocenters. The summed E-state index contributed by atoms with van der Waals surface area (Å²) in [6.07, 6.45) is 4.42. The van der Waals surface area contributed by atoms with Crippen LogP contribution < -0.4 is 24.4 Å². The molecule has 0 saturated carbocycles. The number of ether oxygens (including phenoxy) is 3. The Hall–Kier alpha value is -5.45. The number of anilines is 3. The third-order valence-corrected chi connectivity index (χ3v) is 10.0. The van der Waals surface area contributed by atoms with Crippen LogP contribution in [0.15, 0.2) is 73.1 Å². The van der Waals surface area contributed by atoms with Crippen LogP contribution in [0.25, 0.3) is 11.4 Å². The first-order valence-corrected chi connectivity index (χ1v) is 18.7. The first-order valence-electron chi connectivity index (χ1n) is 16.9. The van der Waals surface area contributed by atoms with Crippen molar-refractivity contribution in [2.75, 3.05) is 64.0 Å². The summed E-state index contributed by atoms with van der Waals surface area (Å²) in [4.78, 5) is 27.6. The molecular formula is C37H42FN9O5S. The minimum Gasteiger partial charge on any atom is -0.497 e. The van der Waals surface area contributed by atoms with Crippen LogP contribution in [0.3, 0.4) is 0 Å². The van der Waals surface area contributed by atoms with E-state index in [9.17, 15) is 12.8 Å². The number of hydrogen-bond acceptors (Lipinski definition) is 13. The SMILES string of the molecule is COc1ccc(CN(Cc2ccc(OC)cc2)c2nc(C)nc(-c3cc(CN4CCN(S(C)(=O)=O)CC4)cnc3Nc3cnc(OC)c(F)c3)n2)cc1. The van der Waals surface area contributed by atoms with Crippen molar-refractivity contribution >= 4 is 27.5 Å². The molecule has 5 aromatic rings. The molecule has 0 bridgehead atoms. The van der Waals surface area contributed by atoms with Gasteiger partial charge in [0.15, 0.2) is 11.6 Å². The fraction of sp³-hybridized carbons (Fsp3) is 0.324. The van der Waals surface area contributed by atoms with Crippen molar-refractivity contribution in [3.05, 3.63) is 101 Å². The Morgan fingerprint density at radius 2 is 1.42 bits per heavy atom. The predicted molar refractivity (Wildman–Crippen MR) is 199 cm³/mol. The minimum absolute atomic E-state index is 0.124. The van der Waals surface area contributed by atoms with Crippen molar-refractivity contribution < 1.29 is 27.0 Å². The predicted octanol–water partition coefficient (Wildman–Crippen LogP) is 4.83. The van der Waals surface area contributed by atoms with Gasteiger partial charge in [-0.15, -0.1) is 0 Å². The molecule has 6 rings (SSSR count). The van der Waals surface area contributed by atoms with Gasteiger partial charge in [-0.1, -0.05) is 24.3 Å². The Labute approximate surface area is 308 Å². The van der Waals surface area contributed by atoms with E-state index in [1.54, 1.807) is 20.4 Å². The lowest BCUT2D eigenvalue weighted by atomic mass is 10.1. The second kappa shape index (κ2) is 16.5. The van der Waals surface area contributed by atoms with E-state index in [0.717, 1.165) is 28.2 Å². The van der Waals surface area contributed by atoms with Crippen molar-refractivity contribution in [3.8, 4) is 28.8 Å². The molecule has 0 amide bonds. The zero-order chi connectivity index (χ0) is 37.5. The molecule has 16 heteroatoms. The number of benzene rings is 2. The lowest BCUT2D eigenvalue weighted by Crippen LogP contribution is -2.47. The van der Waals surface area contributed by atoms with Gasteiger partial charge in [0.1, 0.15) is 23.1 Å². The van der Waals surface area contributed by atoms with Gasteiger partial charge >= 0.3 is 0 Å². The minimum atomic E-state index is -3.26. The Bertz CT molecular complexity index is 2080. The van der Waals surface area contributed by atoms with Gasteiger partial charge in [0.05, 0.1) is 45.0 Å². The second-order valence-electron chi connectivity index (χ2n) is 12.6. The highest BCUT2D eigenvalue weighted by Crippen LogP contribution is 2.31. The molecule has 0 aliphatic carbocycles.